The molecule has 1 aliphatic heterocycles. The maximum absolute atomic E-state index is 12.4. The van der Waals surface area contributed by atoms with Gasteiger partial charge in [-0.1, -0.05) is 34.7 Å². The third-order valence-corrected chi connectivity index (χ3v) is 6.67. The smallest absolute Gasteiger partial charge is 0.270 e. The Bertz CT molecular complexity index is 1410. The number of likely N-dealkylation sites (tertiary alicyclic amines) is 1. The first-order chi connectivity index (χ1) is 16.2. The number of nitrogens with one attached hydrogen (secondary N) is 1. The molecule has 1 aromatic carbocycles. The maximum Gasteiger partial charge on any atom is 0.270 e. The summed E-state index contributed by atoms with van der Waals surface area (Å²) in [7, 11) is 3.42. The molecule has 1 saturated heterocycles. The van der Waals surface area contributed by atoms with Crippen molar-refractivity contribution in [3.05, 3.63) is 54.0 Å². The van der Waals surface area contributed by atoms with Crippen LogP contribution in [0.5, 0.6) is 0 Å². The van der Waals surface area contributed by atoms with E-state index >= 15 is 0 Å². The number of hydrogen-bond acceptors (Lipinski definition) is 9. The van der Waals surface area contributed by atoms with Gasteiger partial charge in [-0.2, -0.15) is 5.10 Å². The minimum Gasteiger partial charge on any atom is -0.373 e. The number of rotatable bonds is 6. The van der Waals surface area contributed by atoms with Crippen molar-refractivity contribution >= 4 is 34.0 Å². The third-order valence-electron chi connectivity index (χ3n) is 5.65. The Morgan fingerprint density at radius 2 is 2.06 bits per heavy atom. The lowest BCUT2D eigenvalue weighted by atomic mass is 9.98. The van der Waals surface area contributed by atoms with Gasteiger partial charge in [0.2, 0.25) is 5.60 Å². The second-order valence-electron chi connectivity index (χ2n) is 8.05. The van der Waals surface area contributed by atoms with Crippen LogP contribution in [0.15, 0.2) is 47.1 Å². The zero-order chi connectivity index (χ0) is 24.0. The van der Waals surface area contributed by atoms with Gasteiger partial charge in [0.15, 0.2) is 17.3 Å². The number of aliphatic hydroxyl groups is 1. The highest BCUT2D eigenvalue weighted by Crippen LogP contribution is 2.37. The molecule has 12 heteroatoms. The van der Waals surface area contributed by atoms with E-state index in [0.717, 1.165) is 5.56 Å². The van der Waals surface area contributed by atoms with Crippen molar-refractivity contribution in [2.45, 2.75) is 12.0 Å². The molecule has 0 radical (unpaired) electrons. The molecule has 4 heterocycles. The predicted octanol–water partition coefficient (Wildman–Crippen LogP) is 2.09. The first-order valence-electron chi connectivity index (χ1n) is 10.4. The van der Waals surface area contributed by atoms with Gasteiger partial charge in [-0.3, -0.25) is 14.3 Å². The Labute approximate surface area is 197 Å². The van der Waals surface area contributed by atoms with Gasteiger partial charge in [0.1, 0.15) is 15.7 Å². The Balaban J connectivity index is 1.46. The molecule has 4 N–H and O–H groups in total. The molecule has 4 aromatic rings. The minimum absolute atomic E-state index is 0.106. The molecular weight excluding hydrogens is 458 g/mol. The summed E-state index contributed by atoms with van der Waals surface area (Å²) in [6.07, 6.45) is 2.01. The number of benzene rings is 1. The normalized spacial score (nSPS) is 18.0. The molecule has 0 aliphatic carbocycles. The number of nitrogens with two attached hydrogens (primary N) is 1. The Morgan fingerprint density at radius 1 is 1.26 bits per heavy atom. The summed E-state index contributed by atoms with van der Waals surface area (Å²) in [5.74, 6) is -0.403. The lowest BCUT2D eigenvalue weighted by Crippen LogP contribution is -2.35. The van der Waals surface area contributed by atoms with Crippen LogP contribution in [-0.4, -0.2) is 55.3 Å². The number of anilines is 2. The third kappa shape index (κ3) is 3.72. The highest BCUT2D eigenvalue weighted by Gasteiger charge is 2.48. The number of hydrogen-bond donors (Lipinski definition) is 3. The monoisotopic (exact) mass is 479 g/mol. The number of carbonyl (C=O) groups excluding carboxylic acids is 2. The van der Waals surface area contributed by atoms with Crippen LogP contribution in [0.2, 0.25) is 0 Å². The van der Waals surface area contributed by atoms with Crippen LogP contribution >= 0.6 is 11.3 Å². The number of thiazole rings is 1. The fourth-order valence-electron chi connectivity index (χ4n) is 3.79. The van der Waals surface area contributed by atoms with Gasteiger partial charge in [-0.05, 0) is 6.07 Å². The fraction of sp³-hybridized carbons (Fsp3) is 0.227. The van der Waals surface area contributed by atoms with Crippen molar-refractivity contribution in [2.75, 3.05) is 18.9 Å². The molecule has 3 aromatic heterocycles. The van der Waals surface area contributed by atoms with E-state index in [4.69, 9.17) is 10.3 Å². The van der Waals surface area contributed by atoms with Crippen LogP contribution in [0.1, 0.15) is 22.7 Å². The lowest BCUT2D eigenvalue weighted by molar-refractivity contribution is -0.144. The Kier molecular flexibility index (Phi) is 5.18. The van der Waals surface area contributed by atoms with Crippen LogP contribution in [0.4, 0.5) is 10.8 Å². The fourth-order valence-corrected chi connectivity index (χ4v) is 4.77. The molecule has 174 valence electrons. The van der Waals surface area contributed by atoms with Gasteiger partial charge in [0.05, 0.1) is 0 Å². The first-order valence-corrected chi connectivity index (χ1v) is 11.2. The summed E-state index contributed by atoms with van der Waals surface area (Å²) in [4.78, 5) is 30.2. The van der Waals surface area contributed by atoms with Crippen molar-refractivity contribution < 1.29 is 19.2 Å². The Hall–Kier alpha value is -4.03. The average Bonchev–Trinajstić information content (AvgIpc) is 3.60. The van der Waals surface area contributed by atoms with E-state index in [1.54, 1.807) is 37.1 Å². The van der Waals surface area contributed by atoms with E-state index in [2.05, 4.69) is 20.6 Å². The number of likely N-dealkylation sites (N-methyl/N-ethyl adjacent to an activating group) is 1. The molecule has 34 heavy (non-hydrogen) atoms. The maximum atomic E-state index is 12.4. The van der Waals surface area contributed by atoms with Crippen molar-refractivity contribution in [1.29, 1.82) is 0 Å². The zero-order valence-corrected chi connectivity index (χ0v) is 19.2. The van der Waals surface area contributed by atoms with Crippen LogP contribution in [0.25, 0.3) is 21.8 Å². The van der Waals surface area contributed by atoms with E-state index in [9.17, 15) is 14.7 Å². The van der Waals surface area contributed by atoms with E-state index in [-0.39, 0.29) is 17.9 Å². The SMILES string of the molecule is CN1CCC(O)(c2cc(-c3cccc(-c4nc(C(N)=O)c(Nc5ccn(C)n5)s4)c3)no2)C1=O. The highest BCUT2D eigenvalue weighted by atomic mass is 32.1. The van der Waals surface area contributed by atoms with Crippen molar-refractivity contribution in [2.24, 2.45) is 12.8 Å². The molecule has 2 amide bonds. The topological polar surface area (TPSA) is 152 Å². The van der Waals surface area contributed by atoms with Gasteiger partial charge < -0.3 is 25.6 Å². The number of aryl methyl sites for hydroxylation is 1. The summed E-state index contributed by atoms with van der Waals surface area (Å²) in [6.45, 7) is 0.433. The van der Waals surface area contributed by atoms with Crippen molar-refractivity contribution in [3.63, 3.8) is 0 Å². The second-order valence-corrected chi connectivity index (χ2v) is 9.05. The van der Waals surface area contributed by atoms with E-state index in [1.807, 2.05) is 24.3 Å². The molecule has 0 spiro atoms. The number of aromatic nitrogens is 4. The molecular formula is C22H21N7O4S. The van der Waals surface area contributed by atoms with Crippen LogP contribution in [0.3, 0.4) is 0 Å². The standard InChI is InChI=1S/C22H21N7O4S/c1-28-9-7-22(32,21(28)31)15-11-14(27-33-15)12-4-3-5-13(10-12)19-25-17(18(23)30)20(34-19)24-16-6-8-29(2)26-16/h3-6,8,10-11,32H,7,9H2,1-2H3,(H2,23,30)(H,24,26). The van der Waals surface area contributed by atoms with Crippen molar-refractivity contribution in [1.82, 2.24) is 24.8 Å². The van der Waals surface area contributed by atoms with Gasteiger partial charge in [-0.25, -0.2) is 4.98 Å². The molecule has 1 unspecified atom stereocenters. The minimum atomic E-state index is -1.71. The molecule has 0 saturated carbocycles. The zero-order valence-electron chi connectivity index (χ0n) is 18.3. The van der Waals surface area contributed by atoms with Crippen LogP contribution < -0.4 is 11.1 Å². The van der Waals surface area contributed by atoms with Gasteiger partial charge >= 0.3 is 0 Å². The second kappa shape index (κ2) is 8.08. The molecule has 11 nitrogen and oxygen atoms in total. The van der Waals surface area contributed by atoms with Gasteiger partial charge in [0.25, 0.3) is 11.8 Å². The average molecular weight is 480 g/mol. The van der Waals surface area contributed by atoms with Crippen molar-refractivity contribution in [3.8, 4) is 21.8 Å². The quantitative estimate of drug-likeness (QED) is 0.380. The summed E-state index contributed by atoms with van der Waals surface area (Å²) >= 11 is 1.27. The van der Waals surface area contributed by atoms with E-state index in [1.165, 1.54) is 16.2 Å². The van der Waals surface area contributed by atoms with Crippen LogP contribution in [0, 0.1) is 0 Å². The lowest BCUT2D eigenvalue weighted by Gasteiger charge is -2.16. The molecule has 1 fully saturated rings. The predicted molar refractivity (Wildman–Crippen MR) is 124 cm³/mol. The summed E-state index contributed by atoms with van der Waals surface area (Å²) in [5, 5.41) is 23.3. The molecule has 5 rings (SSSR count). The van der Waals surface area contributed by atoms with Crippen LogP contribution in [-0.2, 0) is 17.4 Å². The number of primary amides is 1. The Morgan fingerprint density at radius 3 is 2.74 bits per heavy atom. The molecule has 0 bridgehead atoms. The summed E-state index contributed by atoms with van der Waals surface area (Å²) in [5.41, 5.74) is 5.85. The molecule has 1 aliphatic rings. The van der Waals surface area contributed by atoms with Gasteiger partial charge in [0, 0.05) is 56.5 Å². The molecule has 1 atom stereocenters. The number of nitrogens with zero attached hydrogens (tertiary/aromatic N) is 5. The highest BCUT2D eigenvalue weighted by molar-refractivity contribution is 7.19. The first kappa shape index (κ1) is 21.8. The number of carbonyl (C=O) groups is 2. The summed E-state index contributed by atoms with van der Waals surface area (Å²) in [6, 6.07) is 10.7. The number of amides is 2. The van der Waals surface area contributed by atoms with Gasteiger partial charge in [-0.15, -0.1) is 0 Å². The summed E-state index contributed by atoms with van der Waals surface area (Å²) < 4.78 is 6.99. The van der Waals surface area contributed by atoms with E-state index in [0.29, 0.717) is 33.6 Å². The largest absolute Gasteiger partial charge is 0.373 e. The van der Waals surface area contributed by atoms with E-state index < -0.39 is 17.4 Å².